The molecule has 0 spiro atoms. The van der Waals surface area contributed by atoms with Gasteiger partial charge in [0.05, 0.1) is 17.6 Å². The van der Waals surface area contributed by atoms with Crippen LogP contribution < -0.4 is 0 Å². The molecule has 0 saturated heterocycles. The number of halogens is 1. The monoisotopic (exact) mass is 270 g/mol. The van der Waals surface area contributed by atoms with Crippen LogP contribution in [0, 0.1) is 0 Å². The third-order valence-corrected chi connectivity index (χ3v) is 3.39. The van der Waals surface area contributed by atoms with E-state index in [4.69, 9.17) is 16.3 Å². The van der Waals surface area contributed by atoms with Crippen LogP contribution in [0.4, 0.5) is 0 Å². The van der Waals surface area contributed by atoms with Gasteiger partial charge in [0.1, 0.15) is 15.8 Å². The molecule has 17 heavy (non-hydrogen) atoms. The third kappa shape index (κ3) is 2.25. The number of rotatable bonds is 3. The summed E-state index contributed by atoms with van der Waals surface area (Å²) in [6, 6.07) is 0. The van der Waals surface area contributed by atoms with E-state index >= 15 is 0 Å². The molecule has 90 valence electrons. The van der Waals surface area contributed by atoms with Crippen molar-refractivity contribution in [2.24, 2.45) is 0 Å². The summed E-state index contributed by atoms with van der Waals surface area (Å²) >= 11 is 7.45. The topological polar surface area (TPSA) is 52.1 Å². The maximum atomic E-state index is 11.7. The Morgan fingerprint density at radius 3 is 2.88 bits per heavy atom. The summed E-state index contributed by atoms with van der Waals surface area (Å²) in [5.41, 5.74) is 0.444. The summed E-state index contributed by atoms with van der Waals surface area (Å²) in [5.74, 6) is 0.299. The van der Waals surface area contributed by atoms with Crippen LogP contribution in [0.25, 0.3) is 10.2 Å². The average molecular weight is 271 g/mol. The van der Waals surface area contributed by atoms with Crippen LogP contribution >= 0.6 is 22.9 Å². The SMILES string of the molecule is CCOC(=O)c1csc2nc(CC)nc(Cl)c12. The van der Waals surface area contributed by atoms with Crippen molar-refractivity contribution in [3.63, 3.8) is 0 Å². The van der Waals surface area contributed by atoms with Crippen molar-refractivity contribution >= 4 is 39.1 Å². The predicted molar refractivity (Wildman–Crippen MR) is 67.8 cm³/mol. The van der Waals surface area contributed by atoms with E-state index in [1.54, 1.807) is 12.3 Å². The van der Waals surface area contributed by atoms with Crippen LogP contribution in [-0.2, 0) is 11.2 Å². The summed E-state index contributed by atoms with van der Waals surface area (Å²) in [7, 11) is 0. The molecule has 2 rings (SSSR count). The van der Waals surface area contributed by atoms with E-state index in [1.807, 2.05) is 6.92 Å². The van der Waals surface area contributed by atoms with E-state index in [0.717, 1.165) is 4.83 Å². The molecule has 0 saturated carbocycles. The molecule has 0 radical (unpaired) electrons. The molecular weight excluding hydrogens is 260 g/mol. The van der Waals surface area contributed by atoms with E-state index in [0.29, 0.717) is 35.0 Å². The van der Waals surface area contributed by atoms with E-state index in [-0.39, 0.29) is 5.97 Å². The fourth-order valence-electron chi connectivity index (χ4n) is 1.46. The third-order valence-electron chi connectivity index (χ3n) is 2.25. The second kappa shape index (κ2) is 4.98. The minimum atomic E-state index is -0.381. The first-order chi connectivity index (χ1) is 8.17. The van der Waals surface area contributed by atoms with Crippen LogP contribution in [0.3, 0.4) is 0 Å². The molecule has 0 aliphatic rings. The number of fused-ring (bicyclic) bond motifs is 1. The van der Waals surface area contributed by atoms with Gasteiger partial charge in [0, 0.05) is 11.8 Å². The number of hydrogen-bond donors (Lipinski definition) is 0. The van der Waals surface area contributed by atoms with E-state index in [1.165, 1.54) is 11.3 Å². The van der Waals surface area contributed by atoms with Gasteiger partial charge in [-0.3, -0.25) is 0 Å². The Bertz CT molecular complexity index is 568. The van der Waals surface area contributed by atoms with Crippen molar-refractivity contribution in [1.82, 2.24) is 9.97 Å². The van der Waals surface area contributed by atoms with Gasteiger partial charge in [0.2, 0.25) is 0 Å². The van der Waals surface area contributed by atoms with Crippen molar-refractivity contribution in [3.8, 4) is 0 Å². The van der Waals surface area contributed by atoms with Crippen LogP contribution in [0.1, 0.15) is 30.0 Å². The summed E-state index contributed by atoms with van der Waals surface area (Å²) in [4.78, 5) is 20.9. The van der Waals surface area contributed by atoms with E-state index in [2.05, 4.69) is 9.97 Å². The largest absolute Gasteiger partial charge is 0.462 e. The number of ether oxygens (including phenoxy) is 1. The number of carbonyl (C=O) groups excluding carboxylic acids is 1. The number of nitrogens with zero attached hydrogens (tertiary/aromatic N) is 2. The van der Waals surface area contributed by atoms with Crippen molar-refractivity contribution in [1.29, 1.82) is 0 Å². The second-order valence-electron chi connectivity index (χ2n) is 3.33. The lowest BCUT2D eigenvalue weighted by molar-refractivity contribution is 0.0529. The molecule has 4 nitrogen and oxygen atoms in total. The zero-order valence-corrected chi connectivity index (χ0v) is 11.1. The van der Waals surface area contributed by atoms with Gasteiger partial charge < -0.3 is 4.74 Å². The standard InChI is InChI=1S/C11H11ClN2O2S/c1-3-7-13-9(12)8-6(11(15)16-4-2)5-17-10(8)14-7/h5H,3-4H2,1-2H3. The first kappa shape index (κ1) is 12.3. The maximum Gasteiger partial charge on any atom is 0.339 e. The second-order valence-corrected chi connectivity index (χ2v) is 4.55. The maximum absolute atomic E-state index is 11.7. The molecule has 0 bridgehead atoms. The fraction of sp³-hybridized carbons (Fsp3) is 0.364. The number of carbonyl (C=O) groups is 1. The number of aromatic nitrogens is 2. The Hall–Kier alpha value is -1.20. The van der Waals surface area contributed by atoms with Gasteiger partial charge in [-0.2, -0.15) is 0 Å². The Kier molecular flexibility index (Phi) is 3.59. The highest BCUT2D eigenvalue weighted by molar-refractivity contribution is 7.17. The van der Waals surface area contributed by atoms with Gasteiger partial charge in [-0.05, 0) is 6.92 Å². The van der Waals surface area contributed by atoms with Crippen molar-refractivity contribution < 1.29 is 9.53 Å². The number of aryl methyl sites for hydroxylation is 1. The zero-order valence-electron chi connectivity index (χ0n) is 9.49. The number of esters is 1. The normalized spacial score (nSPS) is 10.8. The van der Waals surface area contributed by atoms with Gasteiger partial charge in [-0.15, -0.1) is 11.3 Å². The average Bonchev–Trinajstić information content (AvgIpc) is 2.73. The Morgan fingerprint density at radius 1 is 1.47 bits per heavy atom. The van der Waals surface area contributed by atoms with Crippen LogP contribution in [-0.4, -0.2) is 22.5 Å². The molecular formula is C11H11ClN2O2S. The highest BCUT2D eigenvalue weighted by Gasteiger charge is 2.18. The molecule has 0 aliphatic heterocycles. The van der Waals surface area contributed by atoms with Crippen molar-refractivity contribution in [2.45, 2.75) is 20.3 Å². The van der Waals surface area contributed by atoms with Gasteiger partial charge in [-0.1, -0.05) is 18.5 Å². The van der Waals surface area contributed by atoms with Gasteiger partial charge in [0.15, 0.2) is 0 Å². The minimum absolute atomic E-state index is 0.316. The van der Waals surface area contributed by atoms with E-state index < -0.39 is 0 Å². The van der Waals surface area contributed by atoms with Gasteiger partial charge in [0.25, 0.3) is 0 Å². The Morgan fingerprint density at radius 2 is 2.24 bits per heavy atom. The number of thiophene rings is 1. The quantitative estimate of drug-likeness (QED) is 0.635. The lowest BCUT2D eigenvalue weighted by Crippen LogP contribution is -2.04. The molecule has 2 aromatic rings. The zero-order chi connectivity index (χ0) is 12.4. The molecule has 0 fully saturated rings. The number of hydrogen-bond acceptors (Lipinski definition) is 5. The molecule has 6 heteroatoms. The highest BCUT2D eigenvalue weighted by atomic mass is 35.5. The Balaban J connectivity index is 2.57. The summed E-state index contributed by atoms with van der Waals surface area (Å²) in [6.07, 6.45) is 0.711. The molecule has 0 N–H and O–H groups in total. The Labute approximate surface area is 108 Å². The minimum Gasteiger partial charge on any atom is -0.462 e. The predicted octanol–water partition coefficient (Wildman–Crippen LogP) is 3.08. The first-order valence-corrected chi connectivity index (χ1v) is 6.53. The van der Waals surface area contributed by atoms with Crippen LogP contribution in [0.15, 0.2) is 5.38 Å². The summed E-state index contributed by atoms with van der Waals surface area (Å²) in [5, 5.41) is 2.62. The fourth-order valence-corrected chi connectivity index (χ4v) is 2.73. The highest BCUT2D eigenvalue weighted by Crippen LogP contribution is 2.30. The smallest absolute Gasteiger partial charge is 0.339 e. The van der Waals surface area contributed by atoms with Gasteiger partial charge >= 0.3 is 5.97 Å². The molecule has 2 heterocycles. The van der Waals surface area contributed by atoms with Crippen molar-refractivity contribution in [3.05, 3.63) is 21.9 Å². The molecule has 0 amide bonds. The lowest BCUT2D eigenvalue weighted by atomic mass is 10.2. The van der Waals surface area contributed by atoms with E-state index in [9.17, 15) is 4.79 Å². The molecule has 0 aromatic carbocycles. The summed E-state index contributed by atoms with van der Waals surface area (Å²) < 4.78 is 4.96. The first-order valence-electron chi connectivity index (χ1n) is 5.28. The molecule has 0 unspecified atom stereocenters. The lowest BCUT2D eigenvalue weighted by Gasteiger charge is -2.02. The summed E-state index contributed by atoms with van der Waals surface area (Å²) in [6.45, 7) is 4.05. The van der Waals surface area contributed by atoms with Crippen LogP contribution in [0.5, 0.6) is 0 Å². The van der Waals surface area contributed by atoms with Crippen LogP contribution in [0.2, 0.25) is 5.15 Å². The molecule has 2 aromatic heterocycles. The van der Waals surface area contributed by atoms with Crippen molar-refractivity contribution in [2.75, 3.05) is 6.61 Å². The van der Waals surface area contributed by atoms with Gasteiger partial charge in [-0.25, -0.2) is 14.8 Å². The molecule has 0 aliphatic carbocycles. The molecule has 0 atom stereocenters.